The van der Waals surface area contributed by atoms with Gasteiger partial charge in [-0.1, -0.05) is 30.3 Å². The molecule has 0 aliphatic rings. The smallest absolute Gasteiger partial charge is 0.320 e. The average Bonchev–Trinajstić information content (AvgIpc) is 3.33. The lowest BCUT2D eigenvalue weighted by Gasteiger charge is -2.09. The number of esters is 1. The first kappa shape index (κ1) is 19.5. The van der Waals surface area contributed by atoms with Crippen molar-refractivity contribution in [2.24, 2.45) is 0 Å². The molecule has 0 aliphatic carbocycles. The molecule has 0 saturated heterocycles. The molecule has 4 aromatic rings. The third kappa shape index (κ3) is 3.84. The topological polar surface area (TPSA) is 102 Å². The average molecular weight is 413 g/mol. The van der Waals surface area contributed by atoms with Gasteiger partial charge in [-0.3, -0.25) is 19.3 Å². The highest BCUT2D eigenvalue weighted by molar-refractivity contribution is 6.04. The molecule has 30 heavy (non-hydrogen) atoms. The molecule has 2 aromatic heterocycles. The first-order chi connectivity index (χ1) is 14.5. The Morgan fingerprint density at radius 1 is 1.13 bits per heavy atom. The van der Waals surface area contributed by atoms with Crippen LogP contribution in [-0.4, -0.2) is 38.2 Å². The van der Waals surface area contributed by atoms with E-state index in [0.717, 1.165) is 10.1 Å². The molecular formula is C20H17F2N5O3. The molecule has 0 bridgehead atoms. The number of nitrogens with zero attached hydrogens (tertiary/aromatic N) is 3. The van der Waals surface area contributed by atoms with Gasteiger partial charge in [-0.25, -0.2) is 4.98 Å². The molecule has 0 aliphatic heterocycles. The SMILES string of the molecule is O=C(CCNC(=O)c1n[nH]c2ccccc12)OCc1nc2ccccc2n1C(F)F. The Labute approximate surface area is 168 Å². The number of halogens is 2. The van der Waals surface area contributed by atoms with E-state index in [1.807, 2.05) is 6.07 Å². The van der Waals surface area contributed by atoms with Crippen LogP contribution in [0.5, 0.6) is 0 Å². The molecule has 154 valence electrons. The van der Waals surface area contributed by atoms with Crippen molar-refractivity contribution in [3.63, 3.8) is 0 Å². The Bertz CT molecular complexity index is 1220. The Balaban J connectivity index is 1.32. The predicted molar refractivity (Wildman–Crippen MR) is 104 cm³/mol. The summed E-state index contributed by atoms with van der Waals surface area (Å²) in [5.41, 5.74) is 1.60. The Kier molecular flexibility index (Phi) is 5.38. The van der Waals surface area contributed by atoms with Gasteiger partial charge in [0.25, 0.3) is 5.91 Å². The van der Waals surface area contributed by atoms with Gasteiger partial charge in [-0.05, 0) is 18.2 Å². The van der Waals surface area contributed by atoms with Gasteiger partial charge >= 0.3 is 12.5 Å². The summed E-state index contributed by atoms with van der Waals surface area (Å²) in [6.07, 6.45) is -0.122. The van der Waals surface area contributed by atoms with E-state index in [1.165, 1.54) is 6.07 Å². The van der Waals surface area contributed by atoms with Crippen LogP contribution < -0.4 is 5.32 Å². The van der Waals surface area contributed by atoms with Crippen LogP contribution in [0.1, 0.15) is 29.3 Å². The number of rotatable bonds is 7. The number of hydrogen-bond acceptors (Lipinski definition) is 5. The van der Waals surface area contributed by atoms with Crippen molar-refractivity contribution >= 4 is 33.8 Å². The van der Waals surface area contributed by atoms with E-state index in [4.69, 9.17) is 4.74 Å². The van der Waals surface area contributed by atoms with Crippen molar-refractivity contribution in [1.82, 2.24) is 25.1 Å². The summed E-state index contributed by atoms with van der Waals surface area (Å²) in [5.74, 6) is -1.12. The summed E-state index contributed by atoms with van der Waals surface area (Å²) in [4.78, 5) is 28.3. The van der Waals surface area contributed by atoms with Crippen LogP contribution in [0.25, 0.3) is 21.9 Å². The molecule has 1 amide bonds. The van der Waals surface area contributed by atoms with Crippen LogP contribution >= 0.6 is 0 Å². The highest BCUT2D eigenvalue weighted by Crippen LogP contribution is 2.23. The largest absolute Gasteiger partial charge is 0.457 e. The van der Waals surface area contributed by atoms with Crippen LogP contribution in [0.4, 0.5) is 8.78 Å². The Hall–Kier alpha value is -3.82. The van der Waals surface area contributed by atoms with Crippen molar-refractivity contribution in [3.8, 4) is 0 Å². The molecule has 2 heterocycles. The molecule has 0 unspecified atom stereocenters. The lowest BCUT2D eigenvalue weighted by atomic mass is 10.2. The van der Waals surface area contributed by atoms with Gasteiger partial charge in [0.15, 0.2) is 11.5 Å². The molecule has 0 fully saturated rings. The van der Waals surface area contributed by atoms with E-state index >= 15 is 0 Å². The number of imidazole rings is 1. The molecule has 0 radical (unpaired) electrons. The van der Waals surface area contributed by atoms with E-state index < -0.39 is 25.0 Å². The lowest BCUT2D eigenvalue weighted by molar-refractivity contribution is -0.145. The van der Waals surface area contributed by atoms with Crippen LogP contribution in [0.2, 0.25) is 0 Å². The van der Waals surface area contributed by atoms with Crippen molar-refractivity contribution in [3.05, 3.63) is 60.0 Å². The maximum absolute atomic E-state index is 13.4. The lowest BCUT2D eigenvalue weighted by Crippen LogP contribution is -2.27. The third-order valence-electron chi connectivity index (χ3n) is 4.53. The second kappa shape index (κ2) is 8.27. The summed E-state index contributed by atoms with van der Waals surface area (Å²) in [5, 5.41) is 10.0. The van der Waals surface area contributed by atoms with E-state index in [9.17, 15) is 18.4 Å². The molecule has 4 rings (SSSR count). The molecule has 0 saturated carbocycles. The van der Waals surface area contributed by atoms with Crippen LogP contribution in [0.3, 0.4) is 0 Å². The number of nitrogens with one attached hydrogen (secondary N) is 2. The highest BCUT2D eigenvalue weighted by atomic mass is 19.3. The number of carbonyl (C=O) groups excluding carboxylic acids is 2. The number of aromatic amines is 1. The predicted octanol–water partition coefficient (Wildman–Crippen LogP) is 3.17. The zero-order valence-corrected chi connectivity index (χ0v) is 15.6. The molecule has 10 heteroatoms. The van der Waals surface area contributed by atoms with Crippen molar-refractivity contribution < 1.29 is 23.1 Å². The van der Waals surface area contributed by atoms with Gasteiger partial charge in [0.05, 0.1) is 23.0 Å². The number of alkyl halides is 2. The number of amides is 1. The molecule has 8 nitrogen and oxygen atoms in total. The minimum absolute atomic E-state index is 0.0180. The van der Waals surface area contributed by atoms with Gasteiger partial charge in [0, 0.05) is 11.9 Å². The minimum atomic E-state index is -2.81. The fourth-order valence-corrected chi connectivity index (χ4v) is 3.13. The first-order valence-corrected chi connectivity index (χ1v) is 9.15. The molecule has 0 atom stereocenters. The van der Waals surface area contributed by atoms with E-state index in [-0.39, 0.29) is 30.0 Å². The summed E-state index contributed by atoms with van der Waals surface area (Å²) in [7, 11) is 0. The van der Waals surface area contributed by atoms with Gasteiger partial charge in [-0.2, -0.15) is 13.9 Å². The summed E-state index contributed by atoms with van der Waals surface area (Å²) < 4.78 is 32.5. The standard InChI is InChI=1S/C20H17F2N5O3/c21-20(22)27-15-8-4-3-7-14(15)24-16(27)11-30-17(28)9-10-23-19(29)18-12-5-1-2-6-13(12)25-26-18/h1-8,20H,9-11H2,(H,23,29)(H,25,26). The minimum Gasteiger partial charge on any atom is -0.457 e. The number of fused-ring (bicyclic) bond motifs is 2. The fraction of sp³-hybridized carbons (Fsp3) is 0.200. The Morgan fingerprint density at radius 3 is 2.73 bits per heavy atom. The van der Waals surface area contributed by atoms with E-state index in [1.54, 1.807) is 36.4 Å². The third-order valence-corrected chi connectivity index (χ3v) is 4.53. The van der Waals surface area contributed by atoms with Gasteiger partial charge in [0.2, 0.25) is 0 Å². The van der Waals surface area contributed by atoms with Crippen molar-refractivity contribution in [2.45, 2.75) is 19.6 Å². The van der Waals surface area contributed by atoms with Gasteiger partial charge in [-0.15, -0.1) is 0 Å². The summed E-state index contributed by atoms with van der Waals surface area (Å²) in [6, 6.07) is 13.6. The van der Waals surface area contributed by atoms with E-state index in [2.05, 4.69) is 20.5 Å². The van der Waals surface area contributed by atoms with Crippen LogP contribution in [0, 0.1) is 0 Å². The molecule has 2 aromatic carbocycles. The van der Waals surface area contributed by atoms with Crippen molar-refractivity contribution in [2.75, 3.05) is 6.54 Å². The maximum Gasteiger partial charge on any atom is 0.320 e. The second-order valence-electron chi connectivity index (χ2n) is 6.45. The number of hydrogen-bond donors (Lipinski definition) is 2. The van der Waals surface area contributed by atoms with Gasteiger partial charge < -0.3 is 10.1 Å². The fourth-order valence-electron chi connectivity index (χ4n) is 3.13. The Morgan fingerprint density at radius 2 is 1.90 bits per heavy atom. The van der Waals surface area contributed by atoms with Crippen LogP contribution in [-0.2, 0) is 16.1 Å². The normalized spacial score (nSPS) is 11.3. The number of H-pyrrole nitrogens is 1. The number of benzene rings is 2. The van der Waals surface area contributed by atoms with Gasteiger partial charge in [0.1, 0.15) is 6.61 Å². The summed E-state index contributed by atoms with van der Waals surface area (Å²) in [6.45, 7) is -3.19. The molecule has 2 N–H and O–H groups in total. The first-order valence-electron chi connectivity index (χ1n) is 9.15. The quantitative estimate of drug-likeness (QED) is 0.453. The second-order valence-corrected chi connectivity index (χ2v) is 6.45. The monoisotopic (exact) mass is 413 g/mol. The number of aromatic nitrogens is 4. The molecular weight excluding hydrogens is 396 g/mol. The summed E-state index contributed by atoms with van der Waals surface area (Å²) >= 11 is 0. The number of carbonyl (C=O) groups is 2. The highest BCUT2D eigenvalue weighted by Gasteiger charge is 2.19. The zero-order chi connectivity index (χ0) is 21.1. The maximum atomic E-state index is 13.4. The zero-order valence-electron chi connectivity index (χ0n) is 15.6. The van der Waals surface area contributed by atoms with Crippen molar-refractivity contribution in [1.29, 1.82) is 0 Å². The number of para-hydroxylation sites is 3. The van der Waals surface area contributed by atoms with E-state index in [0.29, 0.717) is 10.9 Å². The van der Waals surface area contributed by atoms with Crippen LogP contribution in [0.15, 0.2) is 48.5 Å². The number of ether oxygens (including phenoxy) is 1. The molecule has 0 spiro atoms.